The Morgan fingerprint density at radius 2 is 1.83 bits per heavy atom. The summed E-state index contributed by atoms with van der Waals surface area (Å²) in [6.07, 6.45) is 5.30. The molecule has 0 aliphatic carbocycles. The molecular weight excluding hydrogens is 150 g/mol. The number of hydrogen-bond donors (Lipinski definition) is 0. The number of allylic oxidation sites excluding steroid dienone is 1. The minimum Gasteiger partial charge on any atom is -0.871 e. The molecule has 1 aromatic heterocycles. The molecule has 2 heteroatoms. The van der Waals surface area contributed by atoms with Gasteiger partial charge in [-0.05, 0) is 5.92 Å². The molecule has 1 aromatic rings. The van der Waals surface area contributed by atoms with Crippen LogP contribution in [0.25, 0.3) is 6.20 Å². The summed E-state index contributed by atoms with van der Waals surface area (Å²) < 4.78 is 1.77. The third-order valence-electron chi connectivity index (χ3n) is 1.58. The van der Waals surface area contributed by atoms with Crippen LogP contribution in [0.15, 0.2) is 36.4 Å². The number of hydrogen-bond acceptors (Lipinski definition) is 1. The second-order valence-electron chi connectivity index (χ2n) is 3.01. The van der Waals surface area contributed by atoms with Gasteiger partial charge < -0.3 is 5.11 Å². The van der Waals surface area contributed by atoms with Gasteiger partial charge in [-0.2, -0.15) is 4.57 Å². The molecule has 0 aliphatic heterocycles. The monoisotopic (exact) mass is 163 g/mol. The summed E-state index contributed by atoms with van der Waals surface area (Å²) in [7, 11) is 0. The van der Waals surface area contributed by atoms with Gasteiger partial charge in [-0.3, -0.25) is 0 Å². The number of aromatic nitrogens is 1. The summed E-state index contributed by atoms with van der Waals surface area (Å²) in [5, 5.41) is 11.2. The van der Waals surface area contributed by atoms with Crippen molar-refractivity contribution in [3.05, 3.63) is 36.4 Å². The van der Waals surface area contributed by atoms with Gasteiger partial charge in [-0.15, -0.1) is 0 Å². The van der Waals surface area contributed by atoms with Gasteiger partial charge in [0.2, 0.25) is 0 Å². The molecule has 0 atom stereocenters. The van der Waals surface area contributed by atoms with Crippen LogP contribution in [0.5, 0.6) is 0 Å². The largest absolute Gasteiger partial charge is 0.871 e. The van der Waals surface area contributed by atoms with Gasteiger partial charge in [0.1, 0.15) is 0 Å². The average Bonchev–Trinajstić information content (AvgIpc) is 2.06. The van der Waals surface area contributed by atoms with Crippen LogP contribution in [-0.2, 0) is 0 Å². The molecule has 1 heterocycles. The Morgan fingerprint density at radius 3 is 2.33 bits per heavy atom. The van der Waals surface area contributed by atoms with Crippen molar-refractivity contribution >= 4 is 6.20 Å². The highest BCUT2D eigenvalue weighted by atomic mass is 16.3. The van der Waals surface area contributed by atoms with E-state index in [1.54, 1.807) is 10.8 Å². The molecule has 0 aromatic carbocycles. The maximum atomic E-state index is 11.2. The van der Waals surface area contributed by atoms with Crippen LogP contribution >= 0.6 is 0 Å². The fourth-order valence-corrected chi connectivity index (χ4v) is 0.794. The quantitative estimate of drug-likeness (QED) is 0.467. The highest BCUT2D eigenvalue weighted by Gasteiger charge is 1.95. The Morgan fingerprint density at radius 1 is 1.25 bits per heavy atom. The maximum Gasteiger partial charge on any atom is 0.174 e. The first kappa shape index (κ1) is 8.78. The van der Waals surface area contributed by atoms with Crippen molar-refractivity contribution in [2.75, 3.05) is 0 Å². The van der Waals surface area contributed by atoms with E-state index in [1.165, 1.54) is 0 Å². The lowest BCUT2D eigenvalue weighted by atomic mass is 10.2. The molecule has 0 unspecified atom stereocenters. The number of rotatable bonds is 2. The highest BCUT2D eigenvalue weighted by molar-refractivity contribution is 5.12. The van der Waals surface area contributed by atoms with Gasteiger partial charge in [-0.25, -0.2) is 0 Å². The lowest BCUT2D eigenvalue weighted by Crippen LogP contribution is -2.28. The van der Waals surface area contributed by atoms with Gasteiger partial charge in [0.15, 0.2) is 18.6 Å². The molecule has 0 spiro atoms. The topological polar surface area (TPSA) is 26.9 Å². The summed E-state index contributed by atoms with van der Waals surface area (Å²) in [4.78, 5) is 0. The second-order valence-corrected chi connectivity index (χ2v) is 3.01. The van der Waals surface area contributed by atoms with Crippen molar-refractivity contribution in [3.63, 3.8) is 0 Å². The maximum absolute atomic E-state index is 11.2. The lowest BCUT2D eigenvalue weighted by molar-refractivity contribution is -0.573. The normalized spacial score (nSPS) is 12.1. The second kappa shape index (κ2) is 3.90. The van der Waals surface area contributed by atoms with E-state index < -0.39 is 0 Å². The zero-order valence-corrected chi connectivity index (χ0v) is 7.40. The molecule has 0 radical (unpaired) electrons. The predicted octanol–water partition coefficient (Wildman–Crippen LogP) is 0.789. The molecule has 1 rings (SSSR count). The van der Waals surface area contributed by atoms with E-state index in [1.807, 2.05) is 44.4 Å². The average molecular weight is 163 g/mol. The fourth-order valence-electron chi connectivity index (χ4n) is 0.794. The van der Waals surface area contributed by atoms with Crippen LogP contribution in [0.1, 0.15) is 13.8 Å². The standard InChI is InChI=1S/C10H13NO/c1-9(2)10(12)8-11-6-4-3-5-7-11/h3-9H,1-2H3/b10-8-. The fraction of sp³-hybridized carbons (Fsp3) is 0.300. The molecule has 0 saturated carbocycles. The van der Waals surface area contributed by atoms with Crippen LogP contribution in [0.4, 0.5) is 0 Å². The van der Waals surface area contributed by atoms with Gasteiger partial charge in [0, 0.05) is 12.1 Å². The van der Waals surface area contributed by atoms with Crippen LogP contribution in [0.2, 0.25) is 0 Å². The minimum atomic E-state index is 0.0673. The smallest absolute Gasteiger partial charge is 0.174 e. The van der Waals surface area contributed by atoms with Gasteiger partial charge in [0.25, 0.3) is 0 Å². The Labute approximate surface area is 72.8 Å². The van der Waals surface area contributed by atoms with Crippen molar-refractivity contribution in [2.24, 2.45) is 5.92 Å². The molecule has 12 heavy (non-hydrogen) atoms. The summed E-state index contributed by atoms with van der Waals surface area (Å²) >= 11 is 0. The molecular formula is C10H13NO. The Hall–Kier alpha value is -1.31. The van der Waals surface area contributed by atoms with Crippen molar-refractivity contribution in [2.45, 2.75) is 13.8 Å². The third-order valence-corrected chi connectivity index (χ3v) is 1.58. The van der Waals surface area contributed by atoms with Crippen molar-refractivity contribution in [3.8, 4) is 0 Å². The third kappa shape index (κ3) is 2.38. The summed E-state index contributed by atoms with van der Waals surface area (Å²) in [6.45, 7) is 3.78. The predicted molar refractivity (Wildman–Crippen MR) is 45.7 cm³/mol. The molecule has 0 fully saturated rings. The molecule has 0 aliphatic rings. The Kier molecular flexibility index (Phi) is 2.86. The summed E-state index contributed by atoms with van der Waals surface area (Å²) in [5.74, 6) is 0.212. The van der Waals surface area contributed by atoms with Crippen LogP contribution in [-0.4, -0.2) is 0 Å². The first-order valence-corrected chi connectivity index (χ1v) is 4.04. The first-order valence-electron chi connectivity index (χ1n) is 4.04. The van der Waals surface area contributed by atoms with E-state index in [2.05, 4.69) is 0 Å². The molecule has 2 nitrogen and oxygen atoms in total. The highest BCUT2D eigenvalue weighted by Crippen LogP contribution is 1.99. The molecule has 0 saturated heterocycles. The summed E-state index contributed by atoms with van der Waals surface area (Å²) in [5.41, 5.74) is 0. The van der Waals surface area contributed by atoms with Crippen LogP contribution in [0, 0.1) is 5.92 Å². The van der Waals surface area contributed by atoms with Crippen molar-refractivity contribution < 1.29 is 9.67 Å². The van der Waals surface area contributed by atoms with E-state index in [9.17, 15) is 5.11 Å². The Balaban J connectivity index is 2.81. The lowest BCUT2D eigenvalue weighted by Gasteiger charge is -2.11. The van der Waals surface area contributed by atoms with Gasteiger partial charge >= 0.3 is 0 Å². The zero-order valence-electron chi connectivity index (χ0n) is 7.40. The number of nitrogens with zero attached hydrogens (tertiary/aromatic N) is 1. The van der Waals surface area contributed by atoms with E-state index in [4.69, 9.17) is 0 Å². The molecule has 0 amide bonds. The van der Waals surface area contributed by atoms with Gasteiger partial charge in [0.05, 0.1) is 0 Å². The van der Waals surface area contributed by atoms with E-state index in [0.717, 1.165) is 0 Å². The number of pyridine rings is 1. The molecule has 64 valence electrons. The first-order chi connectivity index (χ1) is 5.70. The summed E-state index contributed by atoms with van der Waals surface area (Å²) in [6, 6.07) is 5.71. The SMILES string of the molecule is CC(C)/C([O-])=C/[n+]1ccccc1. The molecule has 0 bridgehead atoms. The van der Waals surface area contributed by atoms with E-state index in [-0.39, 0.29) is 11.7 Å². The van der Waals surface area contributed by atoms with E-state index in [0.29, 0.717) is 0 Å². The molecule has 0 N–H and O–H groups in total. The van der Waals surface area contributed by atoms with Gasteiger partial charge in [-0.1, -0.05) is 25.7 Å². The van der Waals surface area contributed by atoms with Crippen molar-refractivity contribution in [1.82, 2.24) is 0 Å². The van der Waals surface area contributed by atoms with Crippen LogP contribution < -0.4 is 9.67 Å². The minimum absolute atomic E-state index is 0.0673. The van der Waals surface area contributed by atoms with Crippen molar-refractivity contribution in [1.29, 1.82) is 0 Å². The van der Waals surface area contributed by atoms with Crippen LogP contribution in [0.3, 0.4) is 0 Å². The van der Waals surface area contributed by atoms with E-state index >= 15 is 0 Å². The zero-order chi connectivity index (χ0) is 8.97. The Bertz CT molecular complexity index is 264.